The Labute approximate surface area is 245 Å². The summed E-state index contributed by atoms with van der Waals surface area (Å²) < 4.78 is 48.9. The van der Waals surface area contributed by atoms with Gasteiger partial charge in [0.05, 0.1) is 16.6 Å². The average molecular weight is 588 g/mol. The normalized spacial score (nSPS) is 14.0. The second-order valence-corrected chi connectivity index (χ2v) is 10.2. The molecule has 3 heterocycles. The Morgan fingerprint density at radius 1 is 1.05 bits per heavy atom. The molecule has 0 unspecified atom stereocenters. The standard InChI is InChI=1S/C31H28F3N7O2/c1-19-6-7-22(17-26(19)40-30-39-25-4-2-3-5-27(25)41(30)28-10-13-36-18-37-28)38-29(42)20-14-21(31(32,33)34)16-24(15-20)43-23-8-11-35-12-9-23/h2-7,10,13-18,23,35H,8-9,11-12H2,1H3,(H,38,42)(H,39,40). The van der Waals surface area contributed by atoms with Gasteiger partial charge in [-0.15, -0.1) is 0 Å². The number of carbonyl (C=O) groups is 1. The van der Waals surface area contributed by atoms with E-state index in [0.717, 1.165) is 41.8 Å². The highest BCUT2D eigenvalue weighted by atomic mass is 19.4. The zero-order chi connectivity index (χ0) is 30.0. The number of amides is 1. The highest BCUT2D eigenvalue weighted by molar-refractivity contribution is 6.05. The summed E-state index contributed by atoms with van der Waals surface area (Å²) in [6.07, 6.45) is -0.439. The van der Waals surface area contributed by atoms with Crippen molar-refractivity contribution in [2.24, 2.45) is 0 Å². The number of carbonyl (C=O) groups excluding carboxylic acids is 1. The molecule has 1 aliphatic heterocycles. The summed E-state index contributed by atoms with van der Waals surface area (Å²) >= 11 is 0. The van der Waals surface area contributed by atoms with Crippen LogP contribution in [-0.2, 0) is 6.18 Å². The Kier molecular flexibility index (Phi) is 7.68. The first-order valence-electron chi connectivity index (χ1n) is 13.8. The zero-order valence-electron chi connectivity index (χ0n) is 23.2. The lowest BCUT2D eigenvalue weighted by atomic mass is 10.1. The van der Waals surface area contributed by atoms with E-state index in [9.17, 15) is 18.0 Å². The van der Waals surface area contributed by atoms with Gasteiger partial charge < -0.3 is 20.7 Å². The van der Waals surface area contributed by atoms with E-state index in [0.29, 0.717) is 36.0 Å². The second-order valence-electron chi connectivity index (χ2n) is 10.2. The van der Waals surface area contributed by atoms with Gasteiger partial charge >= 0.3 is 6.18 Å². The zero-order valence-corrected chi connectivity index (χ0v) is 23.2. The Morgan fingerprint density at radius 2 is 1.86 bits per heavy atom. The van der Waals surface area contributed by atoms with Crippen molar-refractivity contribution in [2.75, 3.05) is 23.7 Å². The molecule has 0 bridgehead atoms. The van der Waals surface area contributed by atoms with Crippen LogP contribution in [0.25, 0.3) is 16.9 Å². The molecule has 6 rings (SSSR count). The molecule has 220 valence electrons. The molecule has 5 aromatic rings. The molecule has 0 atom stereocenters. The van der Waals surface area contributed by atoms with Crippen LogP contribution in [0.1, 0.15) is 34.3 Å². The van der Waals surface area contributed by atoms with Crippen LogP contribution in [0.15, 0.2) is 79.3 Å². The Hall–Kier alpha value is -4.97. The van der Waals surface area contributed by atoms with E-state index in [2.05, 4.69) is 25.9 Å². The highest BCUT2D eigenvalue weighted by Crippen LogP contribution is 2.34. The summed E-state index contributed by atoms with van der Waals surface area (Å²) in [6, 6.07) is 17.7. The fourth-order valence-electron chi connectivity index (χ4n) is 4.98. The van der Waals surface area contributed by atoms with Gasteiger partial charge in [-0.3, -0.25) is 9.36 Å². The molecule has 43 heavy (non-hydrogen) atoms. The number of aryl methyl sites for hydroxylation is 1. The first-order chi connectivity index (χ1) is 20.7. The first-order valence-corrected chi connectivity index (χ1v) is 13.8. The van der Waals surface area contributed by atoms with Crippen LogP contribution in [-0.4, -0.2) is 44.6 Å². The van der Waals surface area contributed by atoms with E-state index in [-0.39, 0.29) is 17.4 Å². The van der Waals surface area contributed by atoms with E-state index in [1.54, 1.807) is 30.5 Å². The largest absolute Gasteiger partial charge is 0.490 e. The van der Waals surface area contributed by atoms with Crippen molar-refractivity contribution >= 4 is 34.3 Å². The predicted octanol–water partition coefficient (Wildman–Crippen LogP) is 6.27. The van der Waals surface area contributed by atoms with Gasteiger partial charge in [-0.25, -0.2) is 15.0 Å². The lowest BCUT2D eigenvalue weighted by Crippen LogP contribution is -2.34. The number of benzene rings is 3. The first kappa shape index (κ1) is 28.2. The third-order valence-corrected chi connectivity index (χ3v) is 7.18. The van der Waals surface area contributed by atoms with Crippen molar-refractivity contribution in [3.8, 4) is 11.6 Å². The number of imidazole rings is 1. The molecule has 0 aliphatic carbocycles. The quantitative estimate of drug-likeness (QED) is 0.206. The molecule has 0 spiro atoms. The maximum Gasteiger partial charge on any atom is 0.416 e. The van der Waals surface area contributed by atoms with Crippen molar-refractivity contribution < 1.29 is 22.7 Å². The van der Waals surface area contributed by atoms with Gasteiger partial charge in [-0.1, -0.05) is 18.2 Å². The van der Waals surface area contributed by atoms with Crippen LogP contribution in [0.2, 0.25) is 0 Å². The lowest BCUT2D eigenvalue weighted by molar-refractivity contribution is -0.137. The predicted molar refractivity (Wildman–Crippen MR) is 157 cm³/mol. The van der Waals surface area contributed by atoms with E-state index in [4.69, 9.17) is 9.72 Å². The molecule has 3 aromatic carbocycles. The van der Waals surface area contributed by atoms with Gasteiger partial charge in [0.2, 0.25) is 5.95 Å². The van der Waals surface area contributed by atoms with Crippen LogP contribution in [0.3, 0.4) is 0 Å². The molecule has 9 nitrogen and oxygen atoms in total. The summed E-state index contributed by atoms with van der Waals surface area (Å²) in [5.74, 6) is 0.426. The van der Waals surface area contributed by atoms with Crippen molar-refractivity contribution in [1.82, 2.24) is 24.8 Å². The number of alkyl halides is 3. The third-order valence-electron chi connectivity index (χ3n) is 7.18. The molecule has 0 radical (unpaired) electrons. The van der Waals surface area contributed by atoms with Gasteiger partial charge in [0, 0.05) is 23.1 Å². The minimum atomic E-state index is -4.64. The molecule has 1 amide bonds. The number of hydrogen-bond acceptors (Lipinski definition) is 7. The number of halogens is 3. The minimum Gasteiger partial charge on any atom is -0.490 e. The van der Waals surface area contributed by atoms with Crippen molar-refractivity contribution in [3.63, 3.8) is 0 Å². The highest BCUT2D eigenvalue weighted by Gasteiger charge is 2.32. The van der Waals surface area contributed by atoms with E-state index in [1.165, 1.54) is 12.4 Å². The summed E-state index contributed by atoms with van der Waals surface area (Å²) in [6.45, 7) is 3.33. The maximum absolute atomic E-state index is 13.7. The van der Waals surface area contributed by atoms with Crippen LogP contribution in [0, 0.1) is 6.92 Å². The van der Waals surface area contributed by atoms with E-state index < -0.39 is 17.6 Å². The van der Waals surface area contributed by atoms with Gasteiger partial charge in [0.15, 0.2) is 0 Å². The Balaban J connectivity index is 1.28. The third kappa shape index (κ3) is 6.28. The molecule has 1 aliphatic rings. The number of ether oxygens (including phenoxy) is 1. The number of fused-ring (bicyclic) bond motifs is 1. The number of para-hydroxylation sites is 2. The van der Waals surface area contributed by atoms with Crippen molar-refractivity contribution in [2.45, 2.75) is 32.0 Å². The smallest absolute Gasteiger partial charge is 0.416 e. The molecule has 12 heteroatoms. The van der Waals surface area contributed by atoms with Crippen LogP contribution in [0.5, 0.6) is 5.75 Å². The average Bonchev–Trinajstić information content (AvgIpc) is 3.37. The molecule has 3 N–H and O–H groups in total. The van der Waals surface area contributed by atoms with Crippen molar-refractivity contribution in [1.29, 1.82) is 0 Å². The monoisotopic (exact) mass is 587 g/mol. The number of hydrogen-bond donors (Lipinski definition) is 3. The Morgan fingerprint density at radius 3 is 2.63 bits per heavy atom. The molecule has 1 fully saturated rings. The second kappa shape index (κ2) is 11.7. The number of anilines is 3. The number of piperidine rings is 1. The van der Waals surface area contributed by atoms with Crippen LogP contribution < -0.4 is 20.7 Å². The van der Waals surface area contributed by atoms with Crippen molar-refractivity contribution in [3.05, 3.63) is 95.9 Å². The Bertz CT molecular complexity index is 1770. The number of nitrogens with one attached hydrogen (secondary N) is 3. The summed E-state index contributed by atoms with van der Waals surface area (Å²) in [5.41, 5.74) is 2.37. The maximum atomic E-state index is 13.7. The number of rotatable bonds is 7. The molecular weight excluding hydrogens is 559 g/mol. The SMILES string of the molecule is Cc1ccc(NC(=O)c2cc(OC3CCNCC3)cc(C(F)(F)F)c2)cc1Nc1nc2ccccc2n1-c1ccncn1. The fourth-order valence-corrected chi connectivity index (χ4v) is 4.98. The van der Waals surface area contributed by atoms with Crippen LogP contribution in [0.4, 0.5) is 30.5 Å². The number of aromatic nitrogens is 4. The lowest BCUT2D eigenvalue weighted by Gasteiger charge is -2.24. The summed E-state index contributed by atoms with van der Waals surface area (Å²) in [4.78, 5) is 26.4. The van der Waals surface area contributed by atoms with E-state index in [1.807, 2.05) is 35.8 Å². The molecule has 0 saturated carbocycles. The fraction of sp³-hybridized carbons (Fsp3) is 0.226. The minimum absolute atomic E-state index is 0.0155. The van der Waals surface area contributed by atoms with Gasteiger partial charge in [0.1, 0.15) is 24.0 Å². The summed E-state index contributed by atoms with van der Waals surface area (Å²) in [7, 11) is 0. The molecule has 2 aromatic heterocycles. The topological polar surface area (TPSA) is 106 Å². The number of nitrogens with zero attached hydrogens (tertiary/aromatic N) is 4. The van der Waals surface area contributed by atoms with Crippen LogP contribution >= 0.6 is 0 Å². The molecule has 1 saturated heterocycles. The van der Waals surface area contributed by atoms with Gasteiger partial charge in [-0.05, 0) is 86.9 Å². The summed E-state index contributed by atoms with van der Waals surface area (Å²) in [5, 5.41) is 9.26. The molecular formula is C31H28F3N7O2. The van der Waals surface area contributed by atoms with E-state index >= 15 is 0 Å². The van der Waals surface area contributed by atoms with Gasteiger partial charge in [-0.2, -0.15) is 13.2 Å². The van der Waals surface area contributed by atoms with Gasteiger partial charge in [0.25, 0.3) is 5.91 Å².